The van der Waals surface area contributed by atoms with Crippen molar-refractivity contribution in [2.45, 2.75) is 13.8 Å². The topological polar surface area (TPSA) is 37.3 Å². The van der Waals surface area contributed by atoms with Crippen molar-refractivity contribution in [3.8, 4) is 0 Å². The van der Waals surface area contributed by atoms with Gasteiger partial charge in [0, 0.05) is 6.61 Å². The first-order chi connectivity index (χ1) is 6.70. The first-order valence-corrected chi connectivity index (χ1v) is 4.55. The number of aliphatic hydroxyl groups is 1. The maximum Gasteiger partial charge on any atom is 0.152 e. The molecule has 0 aliphatic carbocycles. The summed E-state index contributed by atoms with van der Waals surface area (Å²) in [5.41, 5.74) is 1.06. The molecule has 0 aromatic heterocycles. The van der Waals surface area contributed by atoms with Gasteiger partial charge >= 0.3 is 0 Å². The molecule has 0 radical (unpaired) electrons. The zero-order valence-electron chi connectivity index (χ0n) is 8.60. The lowest BCUT2D eigenvalue weighted by Gasteiger charge is -1.88. The molecule has 0 unspecified atom stereocenters. The molecule has 76 valence electrons. The lowest BCUT2D eigenvalue weighted by Crippen LogP contribution is -1.79. The summed E-state index contributed by atoms with van der Waals surface area (Å²) in [5.74, 6) is 0.0776. The molecule has 2 nitrogen and oxygen atoms in total. The zero-order chi connectivity index (χ0) is 10.8. The average molecular weight is 192 g/mol. The van der Waals surface area contributed by atoms with Crippen LogP contribution in [0.2, 0.25) is 0 Å². The van der Waals surface area contributed by atoms with Crippen molar-refractivity contribution in [1.29, 1.82) is 0 Å². The fraction of sp³-hybridized carbons (Fsp3) is 0.250. The number of hydrogen-bond acceptors (Lipinski definition) is 2. The Morgan fingerprint density at radius 1 is 1.36 bits per heavy atom. The number of hydrogen-bond donors (Lipinski definition) is 1. The summed E-state index contributed by atoms with van der Waals surface area (Å²) in [6.07, 6.45) is 3.37. The average Bonchev–Trinajstić information content (AvgIpc) is 2.18. The molecule has 0 saturated heterocycles. The Kier molecular flexibility index (Phi) is 7.37. The fourth-order valence-electron chi connectivity index (χ4n) is 0.778. The van der Waals surface area contributed by atoms with Gasteiger partial charge in [-0.2, -0.15) is 0 Å². The van der Waals surface area contributed by atoms with Crippen LogP contribution in [0.25, 0.3) is 6.08 Å². The van der Waals surface area contributed by atoms with Crippen LogP contribution in [0.3, 0.4) is 0 Å². The van der Waals surface area contributed by atoms with Gasteiger partial charge in [-0.25, -0.2) is 0 Å². The smallest absolute Gasteiger partial charge is 0.152 e. The van der Waals surface area contributed by atoms with Crippen molar-refractivity contribution in [3.05, 3.63) is 42.0 Å². The van der Waals surface area contributed by atoms with Gasteiger partial charge in [0.15, 0.2) is 5.78 Å². The van der Waals surface area contributed by atoms with Crippen LogP contribution in [0.4, 0.5) is 0 Å². The molecular weight excluding hydrogens is 176 g/mol. The molecule has 0 fully saturated rings. The van der Waals surface area contributed by atoms with Gasteiger partial charge in [-0.3, -0.25) is 4.79 Å². The zero-order valence-corrected chi connectivity index (χ0v) is 8.60. The highest BCUT2D eigenvalue weighted by Gasteiger charge is 1.83. The van der Waals surface area contributed by atoms with Gasteiger partial charge in [0.2, 0.25) is 0 Å². The summed E-state index contributed by atoms with van der Waals surface area (Å²) in [4.78, 5) is 10.5. The molecule has 0 saturated carbocycles. The van der Waals surface area contributed by atoms with Crippen molar-refractivity contribution in [1.82, 2.24) is 0 Å². The summed E-state index contributed by atoms with van der Waals surface area (Å²) >= 11 is 0. The molecule has 14 heavy (non-hydrogen) atoms. The van der Waals surface area contributed by atoms with E-state index in [0.717, 1.165) is 5.56 Å². The third-order valence-corrected chi connectivity index (χ3v) is 1.31. The van der Waals surface area contributed by atoms with Crippen LogP contribution in [0, 0.1) is 0 Å². The van der Waals surface area contributed by atoms with E-state index in [1.165, 1.54) is 0 Å². The summed E-state index contributed by atoms with van der Waals surface area (Å²) in [7, 11) is 0. The van der Waals surface area contributed by atoms with Crippen LogP contribution in [0.1, 0.15) is 19.4 Å². The second-order valence-corrected chi connectivity index (χ2v) is 2.67. The van der Waals surface area contributed by atoms with Crippen LogP contribution in [-0.2, 0) is 4.79 Å². The van der Waals surface area contributed by atoms with E-state index < -0.39 is 0 Å². The number of carbonyl (C=O) groups excluding carboxylic acids is 1. The lowest BCUT2D eigenvalue weighted by atomic mass is 10.2. The van der Waals surface area contributed by atoms with Crippen LogP contribution in [0.5, 0.6) is 0 Å². The minimum Gasteiger partial charge on any atom is -0.397 e. The number of ketones is 1. The minimum atomic E-state index is 0.0776. The second kappa shape index (κ2) is 8.20. The van der Waals surface area contributed by atoms with E-state index in [2.05, 4.69) is 0 Å². The quantitative estimate of drug-likeness (QED) is 0.730. The number of allylic oxidation sites excluding steroid dienone is 1. The Morgan fingerprint density at radius 2 is 1.86 bits per heavy atom. The van der Waals surface area contributed by atoms with E-state index in [9.17, 15) is 4.79 Å². The van der Waals surface area contributed by atoms with Crippen molar-refractivity contribution < 1.29 is 9.90 Å². The fourth-order valence-corrected chi connectivity index (χ4v) is 0.778. The normalized spacial score (nSPS) is 9.36. The summed E-state index contributed by atoms with van der Waals surface area (Å²) < 4.78 is 0. The molecule has 2 heteroatoms. The summed E-state index contributed by atoms with van der Waals surface area (Å²) in [5, 5.41) is 7.57. The maximum atomic E-state index is 10.5. The molecule has 0 atom stereocenters. The summed E-state index contributed by atoms with van der Waals surface area (Å²) in [6, 6.07) is 9.75. The molecule has 1 aromatic rings. The molecule has 1 aromatic carbocycles. The largest absolute Gasteiger partial charge is 0.397 e. The monoisotopic (exact) mass is 192 g/mol. The Morgan fingerprint density at radius 3 is 2.29 bits per heavy atom. The van der Waals surface area contributed by atoms with Gasteiger partial charge in [0.05, 0.1) is 0 Å². The van der Waals surface area contributed by atoms with Crippen LogP contribution in [-0.4, -0.2) is 17.5 Å². The highest BCUT2D eigenvalue weighted by Crippen LogP contribution is 2.00. The second-order valence-electron chi connectivity index (χ2n) is 2.67. The molecule has 0 spiro atoms. The van der Waals surface area contributed by atoms with Crippen LogP contribution < -0.4 is 0 Å². The van der Waals surface area contributed by atoms with Gasteiger partial charge in [0.25, 0.3) is 0 Å². The predicted molar refractivity (Wildman–Crippen MR) is 58.9 cm³/mol. The number of carbonyl (C=O) groups is 1. The molecule has 0 aliphatic heterocycles. The van der Waals surface area contributed by atoms with Crippen molar-refractivity contribution in [3.63, 3.8) is 0 Å². The number of rotatable bonds is 2. The third-order valence-electron chi connectivity index (χ3n) is 1.31. The third kappa shape index (κ3) is 7.25. The van der Waals surface area contributed by atoms with Crippen LogP contribution >= 0.6 is 0 Å². The van der Waals surface area contributed by atoms with Gasteiger partial charge in [0.1, 0.15) is 0 Å². The minimum absolute atomic E-state index is 0.0776. The SMILES string of the molecule is CC(=O)C=Cc1ccccc1.CCO. The van der Waals surface area contributed by atoms with E-state index in [1.807, 2.05) is 36.4 Å². The van der Waals surface area contributed by atoms with E-state index in [-0.39, 0.29) is 12.4 Å². The van der Waals surface area contributed by atoms with E-state index in [1.54, 1.807) is 19.9 Å². The van der Waals surface area contributed by atoms with Crippen molar-refractivity contribution >= 4 is 11.9 Å². The van der Waals surface area contributed by atoms with Crippen molar-refractivity contribution in [2.75, 3.05) is 6.61 Å². The highest BCUT2D eigenvalue weighted by molar-refractivity contribution is 5.91. The number of aliphatic hydroxyl groups excluding tert-OH is 1. The Hall–Kier alpha value is -1.41. The van der Waals surface area contributed by atoms with Crippen molar-refractivity contribution in [2.24, 2.45) is 0 Å². The van der Waals surface area contributed by atoms with E-state index in [0.29, 0.717) is 0 Å². The molecule has 1 rings (SSSR count). The predicted octanol–water partition coefficient (Wildman–Crippen LogP) is 2.29. The first kappa shape index (κ1) is 12.6. The molecule has 0 heterocycles. The van der Waals surface area contributed by atoms with Gasteiger partial charge in [-0.15, -0.1) is 0 Å². The first-order valence-electron chi connectivity index (χ1n) is 4.55. The van der Waals surface area contributed by atoms with Gasteiger partial charge in [-0.05, 0) is 25.5 Å². The summed E-state index contributed by atoms with van der Waals surface area (Å²) in [6.45, 7) is 3.47. The molecule has 0 amide bonds. The molecular formula is C12H16O2. The molecule has 0 bridgehead atoms. The Labute approximate surface area is 84.9 Å². The van der Waals surface area contributed by atoms with E-state index in [4.69, 9.17) is 5.11 Å². The lowest BCUT2D eigenvalue weighted by molar-refractivity contribution is -0.112. The van der Waals surface area contributed by atoms with Crippen LogP contribution in [0.15, 0.2) is 36.4 Å². The van der Waals surface area contributed by atoms with E-state index >= 15 is 0 Å². The molecule has 0 aliphatic rings. The number of benzene rings is 1. The standard InChI is InChI=1S/C10H10O.C2H6O/c1-9(11)7-8-10-5-3-2-4-6-10;1-2-3/h2-8H,1H3;3H,2H2,1H3. The van der Waals surface area contributed by atoms with Gasteiger partial charge < -0.3 is 5.11 Å². The Bertz CT molecular complexity index is 276. The molecule has 1 N–H and O–H groups in total. The maximum absolute atomic E-state index is 10.5. The highest BCUT2D eigenvalue weighted by atomic mass is 16.2. The Balaban J connectivity index is 0.000000500. The van der Waals surface area contributed by atoms with Gasteiger partial charge in [-0.1, -0.05) is 36.4 Å².